The quantitative estimate of drug-likeness (QED) is 0.326. The summed E-state index contributed by atoms with van der Waals surface area (Å²) in [5, 5.41) is 10.9. The van der Waals surface area contributed by atoms with Crippen molar-refractivity contribution in [1.29, 1.82) is 0 Å². The van der Waals surface area contributed by atoms with Crippen molar-refractivity contribution in [2.24, 2.45) is 5.34 Å². The predicted octanol–water partition coefficient (Wildman–Crippen LogP) is 4.01. The molecule has 1 rings (SSSR count). The van der Waals surface area contributed by atoms with Crippen LogP contribution < -0.4 is 5.73 Å². The zero-order chi connectivity index (χ0) is 16.1. The fourth-order valence-electron chi connectivity index (χ4n) is 1.68. The number of rotatable bonds is 8. The third-order valence-corrected chi connectivity index (χ3v) is 2.88. The molecule has 0 aliphatic rings. The van der Waals surface area contributed by atoms with Gasteiger partial charge in [0.15, 0.2) is 5.34 Å². The molecule has 0 bridgehead atoms. The molecule has 0 radical (unpaired) electrons. The number of hydrogen-bond acceptors (Lipinski definition) is 5. The van der Waals surface area contributed by atoms with E-state index in [1.54, 1.807) is 18.2 Å². The zero-order valence-electron chi connectivity index (χ0n) is 12.6. The number of aromatic carboxylic acids is 1. The zero-order valence-corrected chi connectivity index (χ0v) is 12.6. The van der Waals surface area contributed by atoms with E-state index < -0.39 is 5.97 Å². The Morgan fingerprint density at radius 2 is 2.00 bits per heavy atom. The molecule has 0 heterocycles. The summed E-state index contributed by atoms with van der Waals surface area (Å²) in [6.45, 7) is 4.04. The maximum Gasteiger partial charge on any atom is 0.337 e. The molecular formula is C15H24N2O4. The van der Waals surface area contributed by atoms with Crippen molar-refractivity contribution in [3.05, 3.63) is 34.7 Å². The van der Waals surface area contributed by atoms with Crippen LogP contribution in [0.2, 0.25) is 0 Å². The van der Waals surface area contributed by atoms with E-state index in [1.807, 2.05) is 6.92 Å². The Morgan fingerprint density at radius 1 is 1.33 bits per heavy atom. The summed E-state index contributed by atoms with van der Waals surface area (Å²) in [5.41, 5.74) is 5.80. The highest BCUT2D eigenvalue weighted by atomic mass is 16.7. The second-order valence-electron chi connectivity index (χ2n) is 4.73. The van der Waals surface area contributed by atoms with E-state index in [4.69, 9.17) is 10.8 Å². The lowest BCUT2D eigenvalue weighted by Gasteiger charge is -2.05. The van der Waals surface area contributed by atoms with E-state index in [0.29, 0.717) is 5.69 Å². The van der Waals surface area contributed by atoms with Gasteiger partial charge in [0.1, 0.15) is 6.10 Å². The molecule has 3 N–H and O–H groups in total. The molecule has 0 aliphatic carbocycles. The van der Waals surface area contributed by atoms with Crippen LogP contribution in [0.4, 0.5) is 5.69 Å². The van der Waals surface area contributed by atoms with Gasteiger partial charge in [-0.25, -0.2) is 4.79 Å². The molecule has 118 valence electrons. The Labute approximate surface area is 125 Å². The van der Waals surface area contributed by atoms with Gasteiger partial charge in [-0.15, -0.1) is 4.91 Å². The van der Waals surface area contributed by atoms with Crippen molar-refractivity contribution < 1.29 is 14.7 Å². The van der Waals surface area contributed by atoms with Gasteiger partial charge in [-0.1, -0.05) is 38.3 Å². The largest absolute Gasteiger partial charge is 0.478 e. The second-order valence-corrected chi connectivity index (χ2v) is 4.73. The lowest BCUT2D eigenvalue weighted by atomic mass is 10.1. The number of nitrogen functional groups attached to an aromatic ring is 1. The van der Waals surface area contributed by atoms with Crippen LogP contribution in [-0.2, 0) is 4.84 Å². The van der Waals surface area contributed by atoms with Crippen molar-refractivity contribution in [2.45, 2.75) is 52.1 Å². The highest BCUT2D eigenvalue weighted by Gasteiger charge is 2.04. The molecule has 6 heteroatoms. The average Bonchev–Trinajstić information content (AvgIpc) is 2.45. The highest BCUT2D eigenvalue weighted by molar-refractivity contribution is 5.93. The van der Waals surface area contributed by atoms with Crippen molar-refractivity contribution >= 4 is 11.7 Å². The summed E-state index contributed by atoms with van der Waals surface area (Å²) in [5.74, 6) is -0.988. The molecule has 1 unspecified atom stereocenters. The van der Waals surface area contributed by atoms with Gasteiger partial charge in [-0.05, 0) is 31.9 Å². The van der Waals surface area contributed by atoms with Gasteiger partial charge in [0.25, 0.3) is 0 Å². The molecule has 0 saturated heterocycles. The van der Waals surface area contributed by atoms with Gasteiger partial charge in [0.05, 0.1) is 5.56 Å². The van der Waals surface area contributed by atoms with E-state index in [-0.39, 0.29) is 11.7 Å². The lowest BCUT2D eigenvalue weighted by Crippen LogP contribution is -2.02. The summed E-state index contributed by atoms with van der Waals surface area (Å²) >= 11 is 0. The van der Waals surface area contributed by atoms with Gasteiger partial charge in [-0.2, -0.15) is 0 Å². The van der Waals surface area contributed by atoms with Crippen molar-refractivity contribution in [1.82, 2.24) is 0 Å². The van der Waals surface area contributed by atoms with Gasteiger partial charge in [-0.3, -0.25) is 0 Å². The second kappa shape index (κ2) is 11.7. The molecule has 0 amide bonds. The number of carboxylic acids is 1. The molecule has 0 fully saturated rings. The smallest absolute Gasteiger partial charge is 0.337 e. The van der Waals surface area contributed by atoms with Crippen LogP contribution in [0.1, 0.15) is 56.3 Å². The van der Waals surface area contributed by atoms with Gasteiger partial charge in [0, 0.05) is 5.69 Å². The number of nitrogens with two attached hydrogens (primary N) is 1. The number of unbranched alkanes of at least 4 members (excludes halogenated alkanes) is 3. The van der Waals surface area contributed by atoms with Crippen LogP contribution in [0.15, 0.2) is 29.6 Å². The highest BCUT2D eigenvalue weighted by Crippen LogP contribution is 2.09. The van der Waals surface area contributed by atoms with Crippen molar-refractivity contribution in [2.75, 3.05) is 5.73 Å². The SMILES string of the molecule is CCCCCCC(C)ON=O.Nc1ccccc1C(=O)O. The number of para-hydroxylation sites is 1. The maximum absolute atomic E-state index is 10.3. The number of hydrogen-bond donors (Lipinski definition) is 2. The molecule has 0 aromatic heterocycles. The van der Waals surface area contributed by atoms with Crippen LogP contribution in [-0.4, -0.2) is 17.2 Å². The van der Waals surface area contributed by atoms with Gasteiger partial charge in [0.2, 0.25) is 0 Å². The molecule has 0 spiro atoms. The van der Waals surface area contributed by atoms with E-state index in [9.17, 15) is 9.70 Å². The van der Waals surface area contributed by atoms with Crippen molar-refractivity contribution in [3.63, 3.8) is 0 Å². The van der Waals surface area contributed by atoms with E-state index in [2.05, 4.69) is 17.1 Å². The fourth-order valence-corrected chi connectivity index (χ4v) is 1.68. The number of anilines is 1. The van der Waals surface area contributed by atoms with E-state index in [0.717, 1.165) is 12.8 Å². The standard InChI is InChI=1S/C8H17NO2.C7H7NO2/c1-3-4-5-6-7-8(2)11-9-10;8-6-4-2-1-3-5(6)7(9)10/h8H,3-7H2,1-2H3;1-4H,8H2,(H,9,10). The van der Waals surface area contributed by atoms with Crippen LogP contribution in [0, 0.1) is 4.91 Å². The molecule has 1 atom stereocenters. The Morgan fingerprint density at radius 3 is 2.48 bits per heavy atom. The van der Waals surface area contributed by atoms with Gasteiger partial charge < -0.3 is 15.7 Å². The number of carboxylic acid groups (broad SMARTS) is 1. The van der Waals surface area contributed by atoms with E-state index in [1.165, 1.54) is 25.3 Å². The summed E-state index contributed by atoms with van der Waals surface area (Å²) in [6, 6.07) is 6.36. The molecular weight excluding hydrogens is 272 g/mol. The first kappa shape index (κ1) is 18.9. The molecule has 6 nitrogen and oxygen atoms in total. The third-order valence-electron chi connectivity index (χ3n) is 2.88. The first-order valence-electron chi connectivity index (χ1n) is 7.09. The van der Waals surface area contributed by atoms with Crippen LogP contribution in [0.3, 0.4) is 0 Å². The fraction of sp³-hybridized carbons (Fsp3) is 0.533. The summed E-state index contributed by atoms with van der Waals surface area (Å²) < 4.78 is 0. The van der Waals surface area contributed by atoms with E-state index >= 15 is 0 Å². The Kier molecular flexibility index (Phi) is 10.5. The Balaban J connectivity index is 0.000000382. The monoisotopic (exact) mass is 296 g/mol. The minimum absolute atomic E-state index is 0.00986. The summed E-state index contributed by atoms with van der Waals surface area (Å²) in [7, 11) is 0. The minimum Gasteiger partial charge on any atom is -0.478 e. The summed E-state index contributed by atoms with van der Waals surface area (Å²) in [6.07, 6.45) is 5.78. The molecule has 21 heavy (non-hydrogen) atoms. The predicted molar refractivity (Wildman–Crippen MR) is 82.9 cm³/mol. The minimum atomic E-state index is -0.988. The Bertz CT molecular complexity index is 424. The summed E-state index contributed by atoms with van der Waals surface area (Å²) in [4.78, 5) is 24.5. The number of benzene rings is 1. The van der Waals surface area contributed by atoms with Crippen LogP contribution in [0.25, 0.3) is 0 Å². The van der Waals surface area contributed by atoms with Crippen LogP contribution in [0.5, 0.6) is 0 Å². The molecule has 0 aliphatic heterocycles. The Hall–Kier alpha value is -2.11. The molecule has 1 aromatic rings. The normalized spacial score (nSPS) is 11.0. The van der Waals surface area contributed by atoms with Crippen LogP contribution >= 0.6 is 0 Å². The maximum atomic E-state index is 10.3. The number of nitrogens with zero attached hydrogens (tertiary/aromatic N) is 1. The topological polar surface area (TPSA) is 102 Å². The average molecular weight is 296 g/mol. The third kappa shape index (κ3) is 9.43. The molecule has 1 aromatic carbocycles. The number of carbonyl (C=O) groups is 1. The first-order chi connectivity index (χ1) is 10.0. The lowest BCUT2D eigenvalue weighted by molar-refractivity contribution is 0.0607. The molecule has 0 saturated carbocycles. The van der Waals surface area contributed by atoms with Crippen molar-refractivity contribution in [3.8, 4) is 0 Å². The van der Waals surface area contributed by atoms with Gasteiger partial charge >= 0.3 is 5.97 Å². The first-order valence-corrected chi connectivity index (χ1v) is 7.09.